The molecule has 2 aromatic heterocycles. The van der Waals surface area contributed by atoms with Crippen LogP contribution in [0.3, 0.4) is 0 Å². The Labute approximate surface area is 115 Å². The molecule has 0 bridgehead atoms. The van der Waals surface area contributed by atoms with Crippen LogP contribution in [-0.2, 0) is 0 Å². The number of aromatic nitrogens is 3. The molecule has 0 fully saturated rings. The van der Waals surface area contributed by atoms with Gasteiger partial charge in [-0.2, -0.15) is 5.10 Å². The number of ether oxygens (including phenoxy) is 1. The molecular weight excluding hydrogens is 258 g/mol. The normalized spacial score (nSPS) is 11.2. The number of aryl methyl sites for hydroxylation is 3. The van der Waals surface area contributed by atoms with E-state index in [0.29, 0.717) is 0 Å². The predicted molar refractivity (Wildman–Crippen MR) is 77.5 cm³/mol. The first-order valence-corrected chi connectivity index (χ1v) is 6.89. The van der Waals surface area contributed by atoms with Gasteiger partial charge in [0.05, 0.1) is 17.5 Å². The second kappa shape index (κ2) is 4.35. The van der Waals surface area contributed by atoms with Crippen LogP contribution in [0.1, 0.15) is 17.0 Å². The maximum absolute atomic E-state index is 5.38. The van der Waals surface area contributed by atoms with Crippen molar-refractivity contribution < 1.29 is 4.74 Å². The van der Waals surface area contributed by atoms with Gasteiger partial charge in [-0.05, 0) is 38.5 Å². The Hall–Kier alpha value is -1.88. The summed E-state index contributed by atoms with van der Waals surface area (Å²) >= 11 is 1.64. The third kappa shape index (κ3) is 1.90. The van der Waals surface area contributed by atoms with E-state index in [-0.39, 0.29) is 0 Å². The van der Waals surface area contributed by atoms with Gasteiger partial charge in [0.25, 0.3) is 0 Å². The fourth-order valence-electron chi connectivity index (χ4n) is 2.18. The Balaban J connectivity index is 2.27. The number of fused-ring (bicyclic) bond motifs is 1. The zero-order chi connectivity index (χ0) is 13.6. The third-order valence-electron chi connectivity index (χ3n) is 3.10. The average Bonchev–Trinajstić information content (AvgIpc) is 2.94. The Morgan fingerprint density at radius 3 is 2.63 bits per heavy atom. The summed E-state index contributed by atoms with van der Waals surface area (Å²) in [5.74, 6) is 0.810. The molecule has 0 aliphatic rings. The molecule has 0 aliphatic carbocycles. The molecule has 0 atom stereocenters. The lowest BCUT2D eigenvalue weighted by Gasteiger charge is -2.01. The topological polar surface area (TPSA) is 39.9 Å². The molecule has 0 amide bonds. The lowest BCUT2D eigenvalue weighted by atomic mass is 10.2. The molecule has 0 aliphatic heterocycles. The Bertz CT molecular complexity index is 757. The highest BCUT2D eigenvalue weighted by atomic mass is 32.1. The Kier molecular flexibility index (Phi) is 2.78. The van der Waals surface area contributed by atoms with Crippen LogP contribution in [0, 0.1) is 20.8 Å². The molecule has 2 heterocycles. The van der Waals surface area contributed by atoms with Crippen molar-refractivity contribution in [3.8, 4) is 10.9 Å². The largest absolute Gasteiger partial charge is 0.494 e. The highest BCUT2D eigenvalue weighted by molar-refractivity contribution is 7.21. The van der Waals surface area contributed by atoms with Crippen molar-refractivity contribution in [2.45, 2.75) is 20.8 Å². The zero-order valence-electron chi connectivity index (χ0n) is 11.4. The van der Waals surface area contributed by atoms with Gasteiger partial charge in [0, 0.05) is 5.69 Å². The molecule has 0 saturated carbocycles. The van der Waals surface area contributed by atoms with E-state index in [1.54, 1.807) is 18.4 Å². The molecule has 0 spiro atoms. The van der Waals surface area contributed by atoms with E-state index in [1.165, 1.54) is 5.56 Å². The van der Waals surface area contributed by atoms with Crippen molar-refractivity contribution in [3.63, 3.8) is 0 Å². The van der Waals surface area contributed by atoms with Crippen LogP contribution in [0.25, 0.3) is 15.3 Å². The molecule has 0 N–H and O–H groups in total. The van der Waals surface area contributed by atoms with E-state index in [4.69, 9.17) is 4.74 Å². The molecule has 4 nitrogen and oxygen atoms in total. The highest BCUT2D eigenvalue weighted by Crippen LogP contribution is 2.34. The van der Waals surface area contributed by atoms with Gasteiger partial charge in [-0.3, -0.25) is 0 Å². The van der Waals surface area contributed by atoms with Gasteiger partial charge in [0.1, 0.15) is 11.3 Å². The molecule has 0 saturated heterocycles. The lowest BCUT2D eigenvalue weighted by Crippen LogP contribution is -1.97. The quantitative estimate of drug-likeness (QED) is 0.718. The molecule has 1 aromatic carbocycles. The summed E-state index contributed by atoms with van der Waals surface area (Å²) in [6, 6.07) is 6.07. The van der Waals surface area contributed by atoms with Crippen LogP contribution in [-0.4, -0.2) is 21.9 Å². The second-order valence-electron chi connectivity index (χ2n) is 4.60. The van der Waals surface area contributed by atoms with Crippen LogP contribution in [0.4, 0.5) is 0 Å². The van der Waals surface area contributed by atoms with E-state index >= 15 is 0 Å². The minimum Gasteiger partial charge on any atom is -0.494 e. The fraction of sp³-hybridized carbons (Fsp3) is 0.286. The monoisotopic (exact) mass is 273 g/mol. The Morgan fingerprint density at radius 2 is 2.00 bits per heavy atom. The first-order chi connectivity index (χ1) is 9.10. The van der Waals surface area contributed by atoms with Crippen LogP contribution >= 0.6 is 11.3 Å². The van der Waals surface area contributed by atoms with Gasteiger partial charge < -0.3 is 4.74 Å². The third-order valence-corrected chi connectivity index (χ3v) is 4.27. The highest BCUT2D eigenvalue weighted by Gasteiger charge is 2.14. The standard InChI is InChI=1S/C14H15N3OS/c1-8-5-6-11(18-4)12-13(8)19-14(15-12)17-10(3)7-9(2)16-17/h5-7H,1-4H3. The predicted octanol–water partition coefficient (Wildman–Crippen LogP) is 3.42. The molecule has 98 valence electrons. The maximum Gasteiger partial charge on any atom is 0.211 e. The summed E-state index contributed by atoms with van der Waals surface area (Å²) in [6.07, 6.45) is 0. The van der Waals surface area contributed by atoms with Crippen molar-refractivity contribution >= 4 is 21.6 Å². The number of hydrogen-bond acceptors (Lipinski definition) is 4. The zero-order valence-corrected chi connectivity index (χ0v) is 12.2. The lowest BCUT2D eigenvalue weighted by molar-refractivity contribution is 0.419. The minimum atomic E-state index is 0.810. The summed E-state index contributed by atoms with van der Waals surface area (Å²) in [6.45, 7) is 6.11. The Morgan fingerprint density at radius 1 is 1.21 bits per heavy atom. The number of nitrogens with zero attached hydrogens (tertiary/aromatic N) is 3. The fourth-order valence-corrected chi connectivity index (χ4v) is 3.24. The van der Waals surface area contributed by atoms with Crippen molar-refractivity contribution in [1.82, 2.24) is 14.8 Å². The summed E-state index contributed by atoms with van der Waals surface area (Å²) in [4.78, 5) is 4.68. The van der Waals surface area contributed by atoms with E-state index in [9.17, 15) is 0 Å². The average molecular weight is 273 g/mol. The van der Waals surface area contributed by atoms with Crippen LogP contribution < -0.4 is 4.74 Å². The molecule has 0 unspecified atom stereocenters. The van der Waals surface area contributed by atoms with Gasteiger partial charge in [0.15, 0.2) is 0 Å². The number of thiazole rings is 1. The number of methoxy groups -OCH3 is 1. The van der Waals surface area contributed by atoms with Gasteiger partial charge in [-0.25, -0.2) is 9.67 Å². The van der Waals surface area contributed by atoms with Crippen LogP contribution in [0.2, 0.25) is 0 Å². The van der Waals surface area contributed by atoms with E-state index in [1.807, 2.05) is 24.6 Å². The second-order valence-corrected chi connectivity index (χ2v) is 5.58. The number of hydrogen-bond donors (Lipinski definition) is 0. The van der Waals surface area contributed by atoms with E-state index in [0.717, 1.165) is 32.5 Å². The SMILES string of the molecule is COc1ccc(C)c2sc(-n3nc(C)cc3C)nc12. The van der Waals surface area contributed by atoms with Crippen LogP contribution in [0.15, 0.2) is 18.2 Å². The first-order valence-electron chi connectivity index (χ1n) is 6.08. The van der Waals surface area contributed by atoms with Crippen molar-refractivity contribution in [2.75, 3.05) is 7.11 Å². The van der Waals surface area contributed by atoms with Gasteiger partial charge in [-0.1, -0.05) is 17.4 Å². The van der Waals surface area contributed by atoms with E-state index < -0.39 is 0 Å². The molecular formula is C14H15N3OS. The summed E-state index contributed by atoms with van der Waals surface area (Å²) in [5, 5.41) is 5.37. The smallest absolute Gasteiger partial charge is 0.211 e. The van der Waals surface area contributed by atoms with Gasteiger partial charge in [0.2, 0.25) is 5.13 Å². The maximum atomic E-state index is 5.38. The number of benzene rings is 1. The molecule has 5 heteroatoms. The van der Waals surface area contributed by atoms with Crippen molar-refractivity contribution in [3.05, 3.63) is 35.2 Å². The van der Waals surface area contributed by atoms with Gasteiger partial charge in [-0.15, -0.1) is 0 Å². The molecule has 3 aromatic rings. The summed E-state index contributed by atoms with van der Waals surface area (Å²) in [7, 11) is 1.67. The van der Waals surface area contributed by atoms with E-state index in [2.05, 4.69) is 29.1 Å². The van der Waals surface area contributed by atoms with Crippen molar-refractivity contribution in [2.24, 2.45) is 0 Å². The summed E-state index contributed by atoms with van der Waals surface area (Å²) in [5.41, 5.74) is 4.21. The minimum absolute atomic E-state index is 0.810. The molecule has 3 rings (SSSR count). The summed E-state index contributed by atoms with van der Waals surface area (Å²) < 4.78 is 8.42. The van der Waals surface area contributed by atoms with Gasteiger partial charge >= 0.3 is 0 Å². The molecule has 19 heavy (non-hydrogen) atoms. The van der Waals surface area contributed by atoms with Crippen LogP contribution in [0.5, 0.6) is 5.75 Å². The number of rotatable bonds is 2. The van der Waals surface area contributed by atoms with Crippen molar-refractivity contribution in [1.29, 1.82) is 0 Å². The molecule has 0 radical (unpaired) electrons. The first kappa shape index (κ1) is 12.2.